The second kappa shape index (κ2) is 6.50. The third-order valence-electron chi connectivity index (χ3n) is 2.42. The number of hydrogen-bond donors (Lipinski definition) is 2. The molecule has 0 heterocycles. The van der Waals surface area contributed by atoms with E-state index in [0.29, 0.717) is 26.4 Å². The Labute approximate surface area is 134 Å². The Morgan fingerprint density at radius 1 is 0.800 bits per heavy atom. The molecule has 0 radical (unpaired) electrons. The fraction of sp³-hybridized carbons (Fsp3) is 0. The van der Waals surface area contributed by atoms with Gasteiger partial charge in [-0.1, -0.05) is 40.0 Å². The Morgan fingerprint density at radius 3 is 1.75 bits per heavy atom. The Balaban J connectivity index is 2.08. The highest BCUT2D eigenvalue weighted by atomic mass is 35.5. The monoisotopic (exact) mass is 344 g/mol. The van der Waals surface area contributed by atoms with E-state index in [4.69, 9.17) is 34.8 Å². The maximum atomic E-state index is 11.9. The Morgan fingerprint density at radius 2 is 1.25 bits per heavy atom. The Bertz CT molecular complexity index is 568. The molecule has 0 spiro atoms. The van der Waals surface area contributed by atoms with Gasteiger partial charge in [0, 0.05) is 36.7 Å². The van der Waals surface area contributed by atoms with Crippen LogP contribution >= 0.6 is 34.8 Å². The minimum Gasteiger partial charge on any atom is -0.308 e. The van der Waals surface area contributed by atoms with Gasteiger partial charge < -0.3 is 10.6 Å². The second-order valence-electron chi connectivity index (χ2n) is 4.25. The normalized spacial score (nSPS) is 10.3. The summed E-state index contributed by atoms with van der Waals surface area (Å²) in [6, 6.07) is 9.87. The molecule has 0 aliphatic carbocycles. The molecule has 2 amide bonds. The number of urea groups is 1. The maximum absolute atomic E-state index is 11.9. The molecule has 0 aliphatic heterocycles. The van der Waals surface area contributed by atoms with Crippen molar-refractivity contribution in [3.63, 3.8) is 0 Å². The van der Waals surface area contributed by atoms with E-state index in [0.717, 1.165) is 15.4 Å². The largest absolute Gasteiger partial charge is 0.323 e. The lowest BCUT2D eigenvalue weighted by Gasteiger charge is -2.09. The van der Waals surface area contributed by atoms with E-state index >= 15 is 0 Å². The second-order valence-corrected chi connectivity index (χ2v) is 6.72. The minimum absolute atomic E-state index is 0.383. The van der Waals surface area contributed by atoms with E-state index in [1.165, 1.54) is 0 Å². The number of hydrogen-bond acceptors (Lipinski definition) is 1. The molecule has 0 fully saturated rings. The van der Waals surface area contributed by atoms with Gasteiger partial charge >= 0.3 is 6.03 Å². The van der Waals surface area contributed by atoms with Gasteiger partial charge in [-0.15, -0.1) is 0 Å². The fourth-order valence-electron chi connectivity index (χ4n) is 1.73. The van der Waals surface area contributed by atoms with E-state index in [1.807, 2.05) is 12.1 Å². The lowest BCUT2D eigenvalue weighted by Crippen LogP contribution is -2.20. The minimum atomic E-state index is -0.383. The van der Waals surface area contributed by atoms with Crippen molar-refractivity contribution in [2.75, 3.05) is 10.6 Å². The fourth-order valence-corrected chi connectivity index (χ4v) is 3.35. The highest BCUT2D eigenvalue weighted by molar-refractivity contribution is 6.37. The average Bonchev–Trinajstić information content (AvgIpc) is 2.24. The summed E-state index contributed by atoms with van der Waals surface area (Å²) in [6.07, 6.45) is 0. The zero-order valence-corrected chi connectivity index (χ0v) is 14.8. The van der Waals surface area contributed by atoms with Crippen LogP contribution in [0.25, 0.3) is 0 Å². The van der Waals surface area contributed by atoms with Gasteiger partial charge in [-0.3, -0.25) is 0 Å². The van der Waals surface area contributed by atoms with Crippen LogP contribution in [-0.4, -0.2) is 16.3 Å². The van der Waals surface area contributed by atoms with Crippen LogP contribution in [0.4, 0.5) is 16.2 Å². The molecule has 0 saturated heterocycles. The van der Waals surface area contributed by atoms with Crippen molar-refractivity contribution in [1.82, 2.24) is 0 Å². The molecule has 2 rings (SSSR count). The first-order valence-electron chi connectivity index (χ1n) is 5.74. The SMILES string of the molecule is O=C(Nc1cc([SiH3])cc(Cl)c1)Nc1cc(Cl)cc(Cl)c1. The molecular weight excluding hydrogens is 335 g/mol. The summed E-state index contributed by atoms with van der Waals surface area (Å²) in [5.41, 5.74) is 1.17. The third kappa shape index (κ3) is 4.42. The van der Waals surface area contributed by atoms with Crippen LogP contribution in [-0.2, 0) is 0 Å². The number of anilines is 2. The van der Waals surface area contributed by atoms with E-state index in [1.54, 1.807) is 24.3 Å². The molecule has 20 heavy (non-hydrogen) atoms. The number of carbonyl (C=O) groups is 1. The number of carbonyl (C=O) groups excluding carboxylic acids is 1. The molecule has 2 aromatic carbocycles. The molecule has 0 unspecified atom stereocenters. The van der Waals surface area contributed by atoms with E-state index in [2.05, 4.69) is 10.6 Å². The Hall–Kier alpha value is -1.20. The van der Waals surface area contributed by atoms with Gasteiger partial charge in [-0.25, -0.2) is 4.79 Å². The van der Waals surface area contributed by atoms with Crippen molar-refractivity contribution in [3.05, 3.63) is 51.5 Å². The summed E-state index contributed by atoms with van der Waals surface area (Å²) in [5.74, 6) is 0. The third-order valence-corrected chi connectivity index (χ3v) is 3.65. The van der Waals surface area contributed by atoms with Crippen LogP contribution in [0.5, 0.6) is 0 Å². The van der Waals surface area contributed by atoms with Crippen molar-refractivity contribution >= 4 is 67.6 Å². The summed E-state index contributed by atoms with van der Waals surface area (Å²) in [4.78, 5) is 11.9. The zero-order valence-electron chi connectivity index (χ0n) is 10.5. The summed E-state index contributed by atoms with van der Waals surface area (Å²) in [7, 11) is 0.855. The number of amides is 2. The first-order chi connectivity index (χ1) is 9.42. The Kier molecular flexibility index (Phi) is 4.94. The van der Waals surface area contributed by atoms with Gasteiger partial charge in [0.1, 0.15) is 0 Å². The van der Waals surface area contributed by atoms with Crippen LogP contribution in [0.15, 0.2) is 36.4 Å². The highest BCUT2D eigenvalue weighted by Gasteiger charge is 2.05. The van der Waals surface area contributed by atoms with Gasteiger partial charge in [0.15, 0.2) is 0 Å². The number of rotatable bonds is 2. The molecule has 3 nitrogen and oxygen atoms in total. The van der Waals surface area contributed by atoms with Crippen molar-refractivity contribution in [1.29, 1.82) is 0 Å². The standard InChI is InChI=1S/C13H11Cl3N2OSi/c14-7-1-8(15)3-10(2-7)17-13(19)18-11-4-9(16)5-12(20)6-11/h1-6H,20H3,(H2,17,18,19). The number of nitrogens with one attached hydrogen (secondary N) is 2. The predicted molar refractivity (Wildman–Crippen MR) is 90.1 cm³/mol. The number of halogens is 3. The predicted octanol–water partition coefficient (Wildman–Crippen LogP) is 3.28. The maximum Gasteiger partial charge on any atom is 0.323 e. The summed E-state index contributed by atoms with van der Waals surface area (Å²) < 4.78 is 0. The van der Waals surface area contributed by atoms with Crippen molar-refractivity contribution in [3.8, 4) is 0 Å². The van der Waals surface area contributed by atoms with Gasteiger partial charge in [0.2, 0.25) is 0 Å². The van der Waals surface area contributed by atoms with E-state index in [-0.39, 0.29) is 6.03 Å². The molecule has 104 valence electrons. The van der Waals surface area contributed by atoms with Crippen molar-refractivity contribution in [2.24, 2.45) is 0 Å². The first kappa shape index (κ1) is 15.2. The van der Waals surface area contributed by atoms with Crippen molar-refractivity contribution in [2.45, 2.75) is 0 Å². The number of benzene rings is 2. The average molecular weight is 346 g/mol. The topological polar surface area (TPSA) is 41.1 Å². The van der Waals surface area contributed by atoms with Crippen LogP contribution in [0, 0.1) is 0 Å². The lowest BCUT2D eigenvalue weighted by molar-refractivity contribution is 0.262. The zero-order chi connectivity index (χ0) is 14.7. The van der Waals surface area contributed by atoms with E-state index < -0.39 is 0 Å². The van der Waals surface area contributed by atoms with Gasteiger partial charge in [0.05, 0.1) is 0 Å². The van der Waals surface area contributed by atoms with Gasteiger partial charge in [0.25, 0.3) is 0 Å². The van der Waals surface area contributed by atoms with Gasteiger partial charge in [-0.05, 0) is 36.4 Å². The lowest BCUT2D eigenvalue weighted by atomic mass is 10.3. The summed E-state index contributed by atoms with van der Waals surface area (Å²) in [5, 5.41) is 7.98. The van der Waals surface area contributed by atoms with Crippen LogP contribution < -0.4 is 15.8 Å². The van der Waals surface area contributed by atoms with Crippen molar-refractivity contribution < 1.29 is 4.79 Å². The molecule has 2 aromatic rings. The quantitative estimate of drug-likeness (QED) is 0.806. The van der Waals surface area contributed by atoms with Crippen LogP contribution in [0.2, 0.25) is 15.1 Å². The van der Waals surface area contributed by atoms with Gasteiger partial charge in [-0.2, -0.15) is 0 Å². The van der Waals surface area contributed by atoms with Crippen LogP contribution in [0.3, 0.4) is 0 Å². The smallest absolute Gasteiger partial charge is 0.308 e. The molecule has 0 aromatic heterocycles. The summed E-state index contributed by atoms with van der Waals surface area (Å²) >= 11 is 17.7. The molecule has 0 saturated carbocycles. The highest BCUT2D eigenvalue weighted by Crippen LogP contribution is 2.22. The summed E-state index contributed by atoms with van der Waals surface area (Å²) in [6.45, 7) is 0. The molecular formula is C13H11Cl3N2OSi. The van der Waals surface area contributed by atoms with E-state index in [9.17, 15) is 4.79 Å². The molecule has 7 heteroatoms. The molecule has 0 bridgehead atoms. The molecule has 0 aliphatic rings. The first-order valence-corrected chi connectivity index (χ1v) is 7.87. The molecule has 2 N–H and O–H groups in total. The molecule has 0 atom stereocenters. The van der Waals surface area contributed by atoms with Crippen LogP contribution in [0.1, 0.15) is 0 Å².